The van der Waals surface area contributed by atoms with E-state index in [4.69, 9.17) is 0 Å². The van der Waals surface area contributed by atoms with Crippen LogP contribution in [0.1, 0.15) is 19.8 Å². The summed E-state index contributed by atoms with van der Waals surface area (Å²) in [6.07, 6.45) is -3.87. The maximum Gasteiger partial charge on any atom is 0.390 e. The molecule has 0 bridgehead atoms. The normalized spacial score (nSPS) is 21.0. The minimum Gasteiger partial charge on any atom is -0.356 e. The van der Waals surface area contributed by atoms with E-state index < -0.39 is 12.6 Å². The van der Waals surface area contributed by atoms with E-state index in [0.29, 0.717) is 11.2 Å². The number of aliphatic imine (C=N–C) groups is 1. The SMILES string of the molecule is CCC1CN(C(=NC)NCCC(F)(F)F)CCS1.I. The quantitative estimate of drug-likeness (QED) is 0.440. The molecule has 0 aromatic carbocycles. The largest absolute Gasteiger partial charge is 0.390 e. The Labute approximate surface area is 133 Å². The Morgan fingerprint density at radius 3 is 2.68 bits per heavy atom. The summed E-state index contributed by atoms with van der Waals surface area (Å²) in [6, 6.07) is 0. The highest BCUT2D eigenvalue weighted by atomic mass is 127. The first kappa shape index (κ1) is 19.1. The Bertz CT molecular complexity index is 287. The molecule has 1 N–H and O–H groups in total. The van der Waals surface area contributed by atoms with Crippen molar-refractivity contribution in [3.8, 4) is 0 Å². The van der Waals surface area contributed by atoms with Crippen molar-refractivity contribution in [1.29, 1.82) is 0 Å². The zero-order chi connectivity index (χ0) is 13.6. The van der Waals surface area contributed by atoms with E-state index in [1.165, 1.54) is 0 Å². The molecule has 1 rings (SSSR count). The molecule has 0 aliphatic carbocycles. The molecule has 0 aromatic rings. The Hall–Kier alpha value is 0.140. The average molecular weight is 411 g/mol. The number of alkyl halides is 3. The van der Waals surface area contributed by atoms with Crippen LogP contribution in [0.2, 0.25) is 0 Å². The van der Waals surface area contributed by atoms with Gasteiger partial charge in [0.2, 0.25) is 0 Å². The van der Waals surface area contributed by atoms with Crippen molar-refractivity contribution in [2.75, 3.05) is 32.4 Å². The minimum atomic E-state index is -4.12. The first-order valence-electron chi connectivity index (χ1n) is 6.10. The van der Waals surface area contributed by atoms with Crippen LogP contribution in [0.25, 0.3) is 0 Å². The zero-order valence-electron chi connectivity index (χ0n) is 11.2. The van der Waals surface area contributed by atoms with Crippen LogP contribution < -0.4 is 5.32 Å². The van der Waals surface area contributed by atoms with Gasteiger partial charge in [0.15, 0.2) is 5.96 Å². The van der Waals surface area contributed by atoms with Gasteiger partial charge in [0.25, 0.3) is 0 Å². The third-order valence-electron chi connectivity index (χ3n) is 2.80. The van der Waals surface area contributed by atoms with Gasteiger partial charge in [-0.15, -0.1) is 24.0 Å². The molecular formula is C11H21F3IN3S. The van der Waals surface area contributed by atoms with Gasteiger partial charge < -0.3 is 10.2 Å². The van der Waals surface area contributed by atoms with Crippen molar-refractivity contribution in [3.05, 3.63) is 0 Å². The number of hydrogen-bond donors (Lipinski definition) is 1. The van der Waals surface area contributed by atoms with Crippen molar-refractivity contribution in [3.63, 3.8) is 0 Å². The summed E-state index contributed by atoms with van der Waals surface area (Å²) >= 11 is 1.92. The lowest BCUT2D eigenvalue weighted by Crippen LogP contribution is -2.48. The highest BCUT2D eigenvalue weighted by Gasteiger charge is 2.27. The van der Waals surface area contributed by atoms with Gasteiger partial charge in [-0.3, -0.25) is 4.99 Å². The van der Waals surface area contributed by atoms with Gasteiger partial charge in [-0.05, 0) is 6.42 Å². The predicted molar refractivity (Wildman–Crippen MR) is 85.6 cm³/mol. The summed E-state index contributed by atoms with van der Waals surface area (Å²) in [5, 5.41) is 3.33. The molecule has 8 heteroatoms. The number of thioether (sulfide) groups is 1. The van der Waals surface area contributed by atoms with Gasteiger partial charge in [0, 0.05) is 37.7 Å². The average Bonchev–Trinajstić information content (AvgIpc) is 2.33. The lowest BCUT2D eigenvalue weighted by atomic mass is 10.3. The summed E-state index contributed by atoms with van der Waals surface area (Å²) in [7, 11) is 1.61. The van der Waals surface area contributed by atoms with Crippen molar-refractivity contribution in [2.24, 2.45) is 4.99 Å². The first-order valence-corrected chi connectivity index (χ1v) is 7.15. The molecule has 0 radical (unpaired) electrons. The maximum atomic E-state index is 12.1. The molecule has 1 heterocycles. The third-order valence-corrected chi connectivity index (χ3v) is 4.17. The van der Waals surface area contributed by atoms with Crippen molar-refractivity contribution >= 4 is 41.7 Å². The van der Waals surface area contributed by atoms with E-state index in [9.17, 15) is 13.2 Å². The summed E-state index contributed by atoms with van der Waals surface area (Å²) in [4.78, 5) is 6.10. The van der Waals surface area contributed by atoms with Crippen molar-refractivity contribution < 1.29 is 13.2 Å². The molecule has 0 saturated carbocycles. The van der Waals surface area contributed by atoms with E-state index >= 15 is 0 Å². The van der Waals surface area contributed by atoms with E-state index in [0.717, 1.165) is 25.3 Å². The molecule has 1 aliphatic rings. The van der Waals surface area contributed by atoms with E-state index in [1.54, 1.807) is 7.05 Å². The predicted octanol–water partition coefficient (Wildman–Crippen LogP) is 2.96. The maximum absolute atomic E-state index is 12.1. The van der Waals surface area contributed by atoms with Gasteiger partial charge in [-0.1, -0.05) is 6.92 Å². The van der Waals surface area contributed by atoms with Crippen LogP contribution >= 0.6 is 35.7 Å². The van der Waals surface area contributed by atoms with Crippen molar-refractivity contribution in [2.45, 2.75) is 31.2 Å². The lowest BCUT2D eigenvalue weighted by Gasteiger charge is -2.34. The molecule has 1 fully saturated rings. The molecule has 19 heavy (non-hydrogen) atoms. The van der Waals surface area contributed by atoms with Crippen LogP contribution in [0.4, 0.5) is 13.2 Å². The zero-order valence-corrected chi connectivity index (χ0v) is 14.3. The Morgan fingerprint density at radius 2 is 2.16 bits per heavy atom. The fourth-order valence-corrected chi connectivity index (χ4v) is 2.99. The van der Waals surface area contributed by atoms with Gasteiger partial charge in [-0.2, -0.15) is 24.9 Å². The summed E-state index contributed by atoms with van der Waals surface area (Å²) < 4.78 is 36.2. The molecule has 0 amide bonds. The first-order chi connectivity index (χ1) is 8.46. The molecule has 0 spiro atoms. The minimum absolute atomic E-state index is 0. The van der Waals surface area contributed by atoms with E-state index in [2.05, 4.69) is 17.2 Å². The Morgan fingerprint density at radius 1 is 1.47 bits per heavy atom. The van der Waals surface area contributed by atoms with Crippen LogP contribution in [0.5, 0.6) is 0 Å². The lowest BCUT2D eigenvalue weighted by molar-refractivity contribution is -0.132. The van der Waals surface area contributed by atoms with Crippen LogP contribution in [-0.2, 0) is 0 Å². The van der Waals surface area contributed by atoms with Crippen molar-refractivity contribution in [1.82, 2.24) is 10.2 Å². The standard InChI is InChI=1S/C11H20F3N3S.HI/c1-3-9-8-17(6-7-18-9)10(15-2)16-5-4-11(12,13)14;/h9H,3-8H2,1-2H3,(H,15,16);1H. The highest BCUT2D eigenvalue weighted by molar-refractivity contribution is 14.0. The van der Waals surface area contributed by atoms with Crippen LogP contribution in [-0.4, -0.2) is 54.7 Å². The smallest absolute Gasteiger partial charge is 0.356 e. The molecule has 114 valence electrons. The van der Waals surface area contributed by atoms with Crippen LogP contribution in [0.3, 0.4) is 0 Å². The fraction of sp³-hybridized carbons (Fsp3) is 0.909. The van der Waals surface area contributed by atoms with E-state index in [1.807, 2.05) is 16.7 Å². The summed E-state index contributed by atoms with van der Waals surface area (Å²) in [5.41, 5.74) is 0. The van der Waals surface area contributed by atoms with Gasteiger partial charge in [-0.25, -0.2) is 0 Å². The highest BCUT2D eigenvalue weighted by Crippen LogP contribution is 2.21. The molecular weight excluding hydrogens is 390 g/mol. The molecule has 1 aliphatic heterocycles. The summed E-state index contributed by atoms with van der Waals surface area (Å²) in [5.74, 6) is 1.58. The molecule has 3 nitrogen and oxygen atoms in total. The number of nitrogens with zero attached hydrogens (tertiary/aromatic N) is 2. The number of halogens is 4. The van der Waals surface area contributed by atoms with Gasteiger partial charge in [0.05, 0.1) is 6.42 Å². The third kappa shape index (κ3) is 7.48. The Balaban J connectivity index is 0.00000324. The monoisotopic (exact) mass is 411 g/mol. The molecule has 0 aromatic heterocycles. The van der Waals surface area contributed by atoms with Crippen LogP contribution in [0.15, 0.2) is 4.99 Å². The van der Waals surface area contributed by atoms with Gasteiger partial charge >= 0.3 is 6.18 Å². The summed E-state index contributed by atoms with van der Waals surface area (Å²) in [6.45, 7) is 3.71. The number of nitrogens with one attached hydrogen (secondary N) is 1. The molecule has 1 unspecified atom stereocenters. The number of hydrogen-bond acceptors (Lipinski definition) is 2. The van der Waals surface area contributed by atoms with Gasteiger partial charge in [0.1, 0.15) is 0 Å². The molecule has 1 saturated heterocycles. The van der Waals surface area contributed by atoms with Crippen LogP contribution in [0, 0.1) is 0 Å². The number of rotatable bonds is 3. The second-order valence-electron chi connectivity index (χ2n) is 4.19. The Kier molecular flexibility index (Phi) is 9.21. The fourth-order valence-electron chi connectivity index (χ4n) is 1.81. The number of guanidine groups is 1. The van der Waals surface area contributed by atoms with E-state index in [-0.39, 0.29) is 30.5 Å². The molecule has 1 atom stereocenters. The topological polar surface area (TPSA) is 27.6 Å². The second kappa shape index (κ2) is 9.15. The second-order valence-corrected chi connectivity index (χ2v) is 5.59.